The van der Waals surface area contributed by atoms with Crippen LogP contribution in [0.15, 0.2) is 45.9 Å². The van der Waals surface area contributed by atoms with Crippen molar-refractivity contribution in [3.8, 4) is 0 Å². The average Bonchev–Trinajstić information content (AvgIpc) is 2.88. The van der Waals surface area contributed by atoms with Crippen LogP contribution in [0.1, 0.15) is 5.76 Å². The maximum Gasteiger partial charge on any atom is 0.297 e. The number of hydrogen-bond acceptors (Lipinski definition) is 4. The molecular weight excluding hydrogens is 271 g/mol. The van der Waals surface area contributed by atoms with Gasteiger partial charge in [0.05, 0.1) is 12.2 Å². The van der Waals surface area contributed by atoms with Crippen molar-refractivity contribution in [2.45, 2.75) is 11.6 Å². The molecule has 0 bridgehead atoms. The number of benzene rings is 1. The lowest BCUT2D eigenvalue weighted by atomic mass is 10.3. The standard InChI is InChI=1S/C12H13FN2O3S/c1-15(11-5-3-2-4-10(11)13)19(16,17)12-7-6-9(8-14)18-12/h2-7H,8,14H2,1H3. The molecule has 19 heavy (non-hydrogen) atoms. The number of para-hydroxylation sites is 1. The van der Waals surface area contributed by atoms with Crippen LogP contribution < -0.4 is 10.0 Å². The third-order valence-corrected chi connectivity index (χ3v) is 4.29. The summed E-state index contributed by atoms with van der Waals surface area (Å²) >= 11 is 0. The van der Waals surface area contributed by atoms with Gasteiger partial charge in [0, 0.05) is 7.05 Å². The molecular formula is C12H13FN2O3S. The zero-order chi connectivity index (χ0) is 14.0. The molecule has 0 spiro atoms. The second-order valence-corrected chi connectivity index (χ2v) is 5.75. The first-order valence-corrected chi connectivity index (χ1v) is 6.93. The molecule has 0 saturated carbocycles. The Labute approximate surface area is 110 Å². The summed E-state index contributed by atoms with van der Waals surface area (Å²) in [6.45, 7) is 0.0962. The van der Waals surface area contributed by atoms with Gasteiger partial charge in [0.25, 0.3) is 10.0 Å². The molecule has 0 fully saturated rings. The van der Waals surface area contributed by atoms with Gasteiger partial charge in [0.15, 0.2) is 0 Å². The predicted octanol–water partition coefficient (Wildman–Crippen LogP) is 1.70. The minimum Gasteiger partial charge on any atom is -0.446 e. The van der Waals surface area contributed by atoms with E-state index in [4.69, 9.17) is 10.2 Å². The van der Waals surface area contributed by atoms with Crippen LogP contribution in [0.5, 0.6) is 0 Å². The highest BCUT2D eigenvalue weighted by Gasteiger charge is 2.26. The van der Waals surface area contributed by atoms with E-state index in [0.717, 1.165) is 4.31 Å². The highest BCUT2D eigenvalue weighted by Crippen LogP contribution is 2.25. The monoisotopic (exact) mass is 284 g/mol. The van der Waals surface area contributed by atoms with Crippen LogP contribution >= 0.6 is 0 Å². The molecule has 0 aliphatic rings. The summed E-state index contributed by atoms with van der Waals surface area (Å²) in [5, 5.41) is -0.265. The zero-order valence-corrected chi connectivity index (χ0v) is 11.0. The summed E-state index contributed by atoms with van der Waals surface area (Å²) in [4.78, 5) is 0. The van der Waals surface area contributed by atoms with Crippen LogP contribution in [0.2, 0.25) is 0 Å². The Balaban J connectivity index is 2.42. The van der Waals surface area contributed by atoms with Crippen molar-refractivity contribution in [1.82, 2.24) is 0 Å². The topological polar surface area (TPSA) is 76.5 Å². The molecule has 1 aromatic heterocycles. The third kappa shape index (κ3) is 2.47. The summed E-state index contributed by atoms with van der Waals surface area (Å²) in [5.74, 6) is -0.278. The number of furan rings is 1. The lowest BCUT2D eigenvalue weighted by molar-refractivity contribution is 0.415. The molecule has 2 rings (SSSR count). The summed E-state index contributed by atoms with van der Waals surface area (Å²) in [6, 6.07) is 8.38. The first-order valence-electron chi connectivity index (χ1n) is 5.49. The molecule has 0 amide bonds. The molecule has 1 aromatic carbocycles. The lowest BCUT2D eigenvalue weighted by Crippen LogP contribution is -2.27. The number of anilines is 1. The van der Waals surface area contributed by atoms with Crippen LogP contribution in [-0.2, 0) is 16.6 Å². The van der Waals surface area contributed by atoms with E-state index in [2.05, 4.69) is 0 Å². The number of nitrogens with zero attached hydrogens (tertiary/aromatic N) is 1. The second kappa shape index (κ2) is 5.02. The van der Waals surface area contributed by atoms with Crippen LogP contribution in [-0.4, -0.2) is 15.5 Å². The Kier molecular flexibility index (Phi) is 3.59. The highest BCUT2D eigenvalue weighted by molar-refractivity contribution is 7.92. The van der Waals surface area contributed by atoms with Crippen molar-refractivity contribution >= 4 is 15.7 Å². The number of hydrogen-bond donors (Lipinski definition) is 1. The highest BCUT2D eigenvalue weighted by atomic mass is 32.2. The van der Waals surface area contributed by atoms with Gasteiger partial charge in [-0.05, 0) is 24.3 Å². The van der Waals surface area contributed by atoms with Gasteiger partial charge in [-0.15, -0.1) is 0 Å². The maximum absolute atomic E-state index is 13.6. The van der Waals surface area contributed by atoms with Gasteiger partial charge in [-0.3, -0.25) is 4.31 Å². The van der Waals surface area contributed by atoms with E-state index >= 15 is 0 Å². The van der Waals surface area contributed by atoms with Gasteiger partial charge in [-0.2, -0.15) is 8.42 Å². The summed E-state index contributed by atoms with van der Waals surface area (Å²) in [7, 11) is -2.67. The maximum atomic E-state index is 13.6. The largest absolute Gasteiger partial charge is 0.446 e. The zero-order valence-electron chi connectivity index (χ0n) is 10.2. The van der Waals surface area contributed by atoms with Crippen molar-refractivity contribution in [2.24, 2.45) is 5.73 Å². The summed E-state index contributed by atoms with van der Waals surface area (Å²) < 4.78 is 44.0. The van der Waals surface area contributed by atoms with Crippen molar-refractivity contribution in [2.75, 3.05) is 11.4 Å². The number of halogens is 1. The number of rotatable bonds is 4. The smallest absolute Gasteiger partial charge is 0.297 e. The molecule has 0 radical (unpaired) electrons. The van der Waals surface area contributed by atoms with Gasteiger partial charge in [-0.1, -0.05) is 12.1 Å². The molecule has 0 atom stereocenters. The second-order valence-electron chi connectivity index (χ2n) is 3.85. The van der Waals surface area contributed by atoms with Crippen molar-refractivity contribution in [3.05, 3.63) is 48.0 Å². The van der Waals surface area contributed by atoms with E-state index < -0.39 is 15.8 Å². The minimum atomic E-state index is -3.93. The van der Waals surface area contributed by atoms with Crippen LogP contribution in [0.25, 0.3) is 0 Å². The first-order chi connectivity index (χ1) is 8.96. The van der Waals surface area contributed by atoms with E-state index in [1.54, 1.807) is 6.07 Å². The Hall–Kier alpha value is -1.86. The Bertz CT molecular complexity index is 682. The molecule has 0 saturated heterocycles. The number of sulfonamides is 1. The summed E-state index contributed by atoms with van der Waals surface area (Å²) in [6.07, 6.45) is 0. The fraction of sp³-hybridized carbons (Fsp3) is 0.167. The Morgan fingerprint density at radius 3 is 2.53 bits per heavy atom. The van der Waals surface area contributed by atoms with Crippen LogP contribution in [0.3, 0.4) is 0 Å². The molecule has 1 heterocycles. The van der Waals surface area contributed by atoms with Crippen molar-refractivity contribution in [1.29, 1.82) is 0 Å². The summed E-state index contributed by atoms with van der Waals surface area (Å²) in [5.41, 5.74) is 5.31. The molecule has 102 valence electrons. The molecule has 2 N–H and O–H groups in total. The SMILES string of the molecule is CN(c1ccccc1F)S(=O)(=O)c1ccc(CN)o1. The fourth-order valence-electron chi connectivity index (χ4n) is 1.58. The van der Waals surface area contributed by atoms with E-state index in [0.29, 0.717) is 5.76 Å². The third-order valence-electron chi connectivity index (χ3n) is 2.64. The Morgan fingerprint density at radius 2 is 1.95 bits per heavy atom. The van der Waals surface area contributed by atoms with E-state index in [1.807, 2.05) is 0 Å². The molecule has 0 unspecified atom stereocenters. The van der Waals surface area contributed by atoms with Gasteiger partial charge < -0.3 is 10.2 Å². The van der Waals surface area contributed by atoms with Crippen molar-refractivity contribution in [3.63, 3.8) is 0 Å². The number of nitrogens with two attached hydrogens (primary N) is 1. The molecule has 5 nitrogen and oxygen atoms in total. The fourth-order valence-corrected chi connectivity index (χ4v) is 2.71. The van der Waals surface area contributed by atoms with Gasteiger partial charge in [-0.25, -0.2) is 4.39 Å². The van der Waals surface area contributed by atoms with Gasteiger partial charge in [0.2, 0.25) is 5.09 Å². The molecule has 7 heteroatoms. The van der Waals surface area contributed by atoms with Crippen LogP contribution in [0, 0.1) is 5.82 Å². The molecule has 0 aliphatic carbocycles. The molecule has 2 aromatic rings. The normalized spacial score (nSPS) is 11.5. The Morgan fingerprint density at radius 1 is 1.26 bits per heavy atom. The van der Waals surface area contributed by atoms with E-state index in [-0.39, 0.29) is 17.3 Å². The molecule has 0 aliphatic heterocycles. The van der Waals surface area contributed by atoms with Crippen LogP contribution in [0.4, 0.5) is 10.1 Å². The van der Waals surface area contributed by atoms with Gasteiger partial charge >= 0.3 is 0 Å². The minimum absolute atomic E-state index is 0.0480. The van der Waals surface area contributed by atoms with E-state index in [1.165, 1.54) is 37.4 Å². The van der Waals surface area contributed by atoms with Gasteiger partial charge in [0.1, 0.15) is 11.6 Å². The predicted molar refractivity (Wildman–Crippen MR) is 68.6 cm³/mol. The lowest BCUT2D eigenvalue weighted by Gasteiger charge is -2.18. The first kappa shape index (κ1) is 13.6. The van der Waals surface area contributed by atoms with E-state index in [9.17, 15) is 12.8 Å². The van der Waals surface area contributed by atoms with Crippen molar-refractivity contribution < 1.29 is 17.2 Å². The average molecular weight is 284 g/mol. The quantitative estimate of drug-likeness (QED) is 0.927.